The van der Waals surface area contributed by atoms with Gasteiger partial charge in [-0.1, -0.05) is 6.92 Å². The van der Waals surface area contributed by atoms with E-state index in [4.69, 9.17) is 5.11 Å². The maximum Gasteiger partial charge on any atom is 0.273 e. The van der Waals surface area contributed by atoms with Crippen LogP contribution in [0.4, 0.5) is 5.13 Å². The van der Waals surface area contributed by atoms with Crippen molar-refractivity contribution in [2.24, 2.45) is 0 Å². The average Bonchev–Trinajstić information content (AvgIpc) is 2.95. The Bertz CT molecular complexity index is 673. The molecule has 19 heavy (non-hydrogen) atoms. The molecular formula is C11H14N2O3S3. The zero-order valence-electron chi connectivity index (χ0n) is 10.5. The lowest BCUT2D eigenvalue weighted by Crippen LogP contribution is -2.11. The minimum Gasteiger partial charge on any atom is -0.391 e. The monoisotopic (exact) mass is 318 g/mol. The Morgan fingerprint density at radius 3 is 2.63 bits per heavy atom. The Morgan fingerprint density at radius 1 is 1.37 bits per heavy atom. The molecule has 0 aliphatic rings. The summed E-state index contributed by atoms with van der Waals surface area (Å²) in [6.45, 7) is 3.74. The van der Waals surface area contributed by atoms with Crippen LogP contribution in [0.25, 0.3) is 0 Å². The number of sulfonamides is 1. The fraction of sp³-hybridized carbons (Fsp3) is 0.364. The van der Waals surface area contributed by atoms with Crippen molar-refractivity contribution in [2.45, 2.75) is 31.1 Å². The van der Waals surface area contributed by atoms with Crippen LogP contribution in [0, 0.1) is 6.92 Å². The molecule has 2 heterocycles. The number of thiophene rings is 1. The van der Waals surface area contributed by atoms with Crippen molar-refractivity contribution in [1.82, 2.24) is 4.98 Å². The van der Waals surface area contributed by atoms with E-state index in [1.807, 2.05) is 13.8 Å². The van der Waals surface area contributed by atoms with Crippen molar-refractivity contribution in [1.29, 1.82) is 0 Å². The molecule has 2 rings (SSSR count). The van der Waals surface area contributed by atoms with Gasteiger partial charge in [-0.25, -0.2) is 13.4 Å². The number of hydrogen-bond acceptors (Lipinski definition) is 6. The SMILES string of the molecule is CCc1nc(NS(=O)(=O)c2ccc(CO)s2)sc1C. The number of anilines is 1. The van der Waals surface area contributed by atoms with Gasteiger partial charge in [0.2, 0.25) is 0 Å². The molecule has 0 amide bonds. The summed E-state index contributed by atoms with van der Waals surface area (Å²) in [5.41, 5.74) is 0.907. The van der Waals surface area contributed by atoms with E-state index in [1.54, 1.807) is 6.07 Å². The second-order valence-corrected chi connectivity index (χ2v) is 8.14. The molecule has 0 spiro atoms. The Balaban J connectivity index is 2.25. The van der Waals surface area contributed by atoms with Gasteiger partial charge in [-0.3, -0.25) is 4.72 Å². The summed E-state index contributed by atoms with van der Waals surface area (Å²) < 4.78 is 26.9. The smallest absolute Gasteiger partial charge is 0.273 e. The maximum absolute atomic E-state index is 12.1. The van der Waals surface area contributed by atoms with E-state index < -0.39 is 10.0 Å². The number of aromatic nitrogens is 1. The molecule has 0 radical (unpaired) electrons. The Morgan fingerprint density at radius 2 is 2.11 bits per heavy atom. The quantitative estimate of drug-likeness (QED) is 0.887. The van der Waals surface area contributed by atoms with Crippen LogP contribution in [0.3, 0.4) is 0 Å². The number of nitrogens with one attached hydrogen (secondary N) is 1. The highest BCUT2D eigenvalue weighted by atomic mass is 32.2. The minimum absolute atomic E-state index is 0.156. The van der Waals surface area contributed by atoms with Crippen molar-refractivity contribution in [3.05, 3.63) is 27.6 Å². The molecule has 0 aromatic carbocycles. The van der Waals surface area contributed by atoms with Crippen LogP contribution < -0.4 is 4.72 Å². The summed E-state index contributed by atoms with van der Waals surface area (Å²) in [7, 11) is -3.61. The lowest BCUT2D eigenvalue weighted by molar-refractivity contribution is 0.285. The maximum atomic E-state index is 12.1. The van der Waals surface area contributed by atoms with E-state index in [9.17, 15) is 8.42 Å². The van der Waals surface area contributed by atoms with Crippen LogP contribution in [-0.4, -0.2) is 18.5 Å². The normalized spacial score (nSPS) is 11.7. The highest BCUT2D eigenvalue weighted by Gasteiger charge is 2.19. The number of nitrogens with zero attached hydrogens (tertiary/aromatic N) is 1. The summed E-state index contributed by atoms with van der Waals surface area (Å²) >= 11 is 2.38. The van der Waals surface area contributed by atoms with Crippen LogP contribution in [0.1, 0.15) is 22.4 Å². The lowest BCUT2D eigenvalue weighted by atomic mass is 10.3. The molecule has 5 nitrogen and oxygen atoms in total. The first-order valence-electron chi connectivity index (χ1n) is 5.65. The summed E-state index contributed by atoms with van der Waals surface area (Å²) in [4.78, 5) is 5.88. The first-order valence-corrected chi connectivity index (χ1v) is 8.76. The lowest BCUT2D eigenvalue weighted by Gasteiger charge is -2.01. The fourth-order valence-electron chi connectivity index (χ4n) is 1.55. The Labute approximate surface area is 120 Å². The third kappa shape index (κ3) is 3.14. The van der Waals surface area contributed by atoms with Gasteiger partial charge in [0.25, 0.3) is 10.0 Å². The zero-order chi connectivity index (χ0) is 14.0. The molecule has 0 atom stereocenters. The fourth-order valence-corrected chi connectivity index (χ4v) is 4.91. The summed E-state index contributed by atoms with van der Waals surface area (Å²) in [6.07, 6.45) is 0.776. The van der Waals surface area contributed by atoms with Crippen LogP contribution in [-0.2, 0) is 23.1 Å². The number of thiazole rings is 1. The Hall–Kier alpha value is -0.960. The van der Waals surface area contributed by atoms with Crippen molar-refractivity contribution >= 4 is 37.8 Å². The highest BCUT2D eigenvalue weighted by Crippen LogP contribution is 2.27. The van der Waals surface area contributed by atoms with E-state index >= 15 is 0 Å². The van der Waals surface area contributed by atoms with Crippen molar-refractivity contribution in [3.8, 4) is 0 Å². The van der Waals surface area contributed by atoms with Crippen molar-refractivity contribution in [2.75, 3.05) is 4.72 Å². The van der Waals surface area contributed by atoms with Gasteiger partial charge in [-0.15, -0.1) is 22.7 Å². The van der Waals surface area contributed by atoms with Crippen LogP contribution in [0.5, 0.6) is 0 Å². The predicted molar refractivity (Wildman–Crippen MR) is 77.3 cm³/mol. The number of rotatable bonds is 5. The van der Waals surface area contributed by atoms with Crippen LogP contribution in [0.15, 0.2) is 16.3 Å². The molecule has 0 saturated heterocycles. The van der Waals surface area contributed by atoms with Gasteiger partial charge >= 0.3 is 0 Å². The average molecular weight is 318 g/mol. The van der Waals surface area contributed by atoms with Crippen molar-refractivity contribution < 1.29 is 13.5 Å². The summed E-state index contributed by atoms with van der Waals surface area (Å²) in [6, 6.07) is 3.09. The first kappa shape index (κ1) is 14.4. The first-order chi connectivity index (χ1) is 8.96. The van der Waals surface area contributed by atoms with E-state index in [0.29, 0.717) is 10.0 Å². The summed E-state index contributed by atoms with van der Waals surface area (Å²) in [5.74, 6) is 0. The minimum atomic E-state index is -3.61. The third-order valence-electron chi connectivity index (χ3n) is 2.51. The van der Waals surface area contributed by atoms with Crippen LogP contribution in [0.2, 0.25) is 0 Å². The topological polar surface area (TPSA) is 79.3 Å². The number of hydrogen-bond donors (Lipinski definition) is 2. The van der Waals surface area contributed by atoms with E-state index in [2.05, 4.69) is 9.71 Å². The number of aliphatic hydroxyl groups excluding tert-OH is 1. The van der Waals surface area contributed by atoms with Gasteiger partial charge in [0.1, 0.15) is 4.21 Å². The molecule has 8 heteroatoms. The van der Waals surface area contributed by atoms with E-state index in [1.165, 1.54) is 17.4 Å². The molecule has 104 valence electrons. The molecule has 0 unspecified atom stereocenters. The van der Waals surface area contributed by atoms with Crippen LogP contribution >= 0.6 is 22.7 Å². The number of aryl methyl sites for hydroxylation is 2. The van der Waals surface area contributed by atoms with E-state index in [-0.39, 0.29) is 10.8 Å². The van der Waals surface area contributed by atoms with Crippen molar-refractivity contribution in [3.63, 3.8) is 0 Å². The largest absolute Gasteiger partial charge is 0.391 e. The molecule has 0 aliphatic carbocycles. The molecule has 0 fully saturated rings. The van der Waals surface area contributed by atoms with Gasteiger partial charge in [-0.2, -0.15) is 0 Å². The molecule has 2 aromatic rings. The molecular weight excluding hydrogens is 304 g/mol. The molecule has 0 aliphatic heterocycles. The molecule has 2 N–H and O–H groups in total. The van der Waals surface area contributed by atoms with Gasteiger partial charge in [0.05, 0.1) is 12.3 Å². The van der Waals surface area contributed by atoms with E-state index in [0.717, 1.165) is 28.3 Å². The highest BCUT2D eigenvalue weighted by molar-refractivity contribution is 7.94. The number of aliphatic hydroxyl groups is 1. The Kier molecular flexibility index (Phi) is 4.24. The molecule has 2 aromatic heterocycles. The second kappa shape index (κ2) is 5.58. The zero-order valence-corrected chi connectivity index (χ0v) is 13.0. The van der Waals surface area contributed by atoms with Gasteiger partial charge in [-0.05, 0) is 25.5 Å². The summed E-state index contributed by atoms with van der Waals surface area (Å²) in [5, 5.41) is 9.35. The predicted octanol–water partition coefficient (Wildman–Crippen LogP) is 2.37. The molecule has 0 bridgehead atoms. The molecule has 0 saturated carbocycles. The standard InChI is InChI=1S/C11H14N2O3S3/c1-3-9-7(2)17-11(12-9)13-19(15,16)10-5-4-8(6-14)18-10/h4-5,14H,3,6H2,1-2H3,(H,12,13). The van der Waals surface area contributed by atoms with Gasteiger partial charge < -0.3 is 5.11 Å². The third-order valence-corrected chi connectivity index (χ3v) is 6.47. The van der Waals surface area contributed by atoms with Gasteiger partial charge in [0.15, 0.2) is 5.13 Å². The van der Waals surface area contributed by atoms with Gasteiger partial charge in [0, 0.05) is 9.75 Å². The second-order valence-electron chi connectivity index (χ2n) is 3.86.